The van der Waals surface area contributed by atoms with E-state index < -0.39 is 17.6 Å². The van der Waals surface area contributed by atoms with Gasteiger partial charge in [0.05, 0.1) is 11.1 Å². The Morgan fingerprint density at radius 2 is 1.88 bits per heavy atom. The quantitative estimate of drug-likeness (QED) is 0.604. The molecule has 3 heterocycles. The molecule has 3 aromatic rings. The summed E-state index contributed by atoms with van der Waals surface area (Å²) in [5.41, 5.74) is 0.733. The molecular formula is C23H27F2N5O3. The predicted molar refractivity (Wildman–Crippen MR) is 122 cm³/mol. The van der Waals surface area contributed by atoms with Crippen molar-refractivity contribution in [3.05, 3.63) is 63.2 Å². The summed E-state index contributed by atoms with van der Waals surface area (Å²) in [6.07, 6.45) is 1.60. The lowest BCUT2D eigenvalue weighted by molar-refractivity contribution is 0.0696. The fourth-order valence-electron chi connectivity index (χ4n) is 3.70. The van der Waals surface area contributed by atoms with Crippen LogP contribution in [0.25, 0.3) is 11.0 Å². The first-order valence-electron chi connectivity index (χ1n) is 10.9. The Kier molecular flexibility index (Phi) is 7.70. The monoisotopic (exact) mass is 459 g/mol. The summed E-state index contributed by atoms with van der Waals surface area (Å²) in [6.45, 7) is 8.16. The number of fused-ring (bicyclic) bond motifs is 1. The van der Waals surface area contributed by atoms with Crippen LogP contribution in [0.15, 0.2) is 29.2 Å². The number of aromatic nitrogens is 3. The van der Waals surface area contributed by atoms with E-state index in [1.54, 1.807) is 17.0 Å². The van der Waals surface area contributed by atoms with Crippen LogP contribution in [0.5, 0.6) is 0 Å². The second kappa shape index (κ2) is 10.5. The van der Waals surface area contributed by atoms with Gasteiger partial charge in [-0.05, 0) is 18.6 Å². The van der Waals surface area contributed by atoms with Gasteiger partial charge in [-0.1, -0.05) is 26.8 Å². The third-order valence-corrected chi connectivity index (χ3v) is 5.43. The molecule has 0 spiro atoms. The maximum atomic E-state index is 15.0. The molecule has 0 saturated carbocycles. The number of aromatic carboxylic acids is 1. The van der Waals surface area contributed by atoms with Crippen LogP contribution in [-0.4, -0.2) is 57.1 Å². The summed E-state index contributed by atoms with van der Waals surface area (Å²) >= 11 is 0. The number of H-pyrrole nitrogens is 1. The first kappa shape index (κ1) is 24.2. The van der Waals surface area contributed by atoms with E-state index in [1.165, 1.54) is 0 Å². The highest BCUT2D eigenvalue weighted by atomic mass is 19.1. The number of hydrogen-bond acceptors (Lipinski definition) is 6. The van der Waals surface area contributed by atoms with Crippen molar-refractivity contribution in [2.24, 2.45) is 0 Å². The van der Waals surface area contributed by atoms with Gasteiger partial charge in [0.2, 0.25) is 0 Å². The number of anilines is 1. The van der Waals surface area contributed by atoms with Crippen LogP contribution in [0.1, 0.15) is 42.4 Å². The number of rotatable bonds is 5. The van der Waals surface area contributed by atoms with Gasteiger partial charge < -0.3 is 15.0 Å². The number of aromatic amines is 1. The highest BCUT2D eigenvalue weighted by Crippen LogP contribution is 2.22. The fraction of sp³-hybridized carbons (Fsp3) is 0.391. The summed E-state index contributed by atoms with van der Waals surface area (Å²) < 4.78 is 29.2. The number of benzene rings is 1. The molecule has 8 nitrogen and oxygen atoms in total. The lowest BCUT2D eigenvalue weighted by Crippen LogP contribution is -2.46. The number of halogens is 2. The SMILES string of the molecule is CC.CCc1nc2ccc(CN3CCN(c4ncc(C(=O)O)cc4F)CC3)c(F)c2[nH]c1=O. The van der Waals surface area contributed by atoms with E-state index in [0.29, 0.717) is 55.9 Å². The maximum Gasteiger partial charge on any atom is 0.337 e. The Balaban J connectivity index is 0.00000149. The minimum atomic E-state index is -1.23. The predicted octanol–water partition coefficient (Wildman–Crippen LogP) is 3.21. The Bertz CT molecular complexity index is 1210. The van der Waals surface area contributed by atoms with Crippen LogP contribution in [-0.2, 0) is 13.0 Å². The number of hydrogen-bond donors (Lipinski definition) is 2. The molecule has 0 amide bonds. The molecule has 2 aromatic heterocycles. The van der Waals surface area contributed by atoms with Crippen LogP contribution in [0.2, 0.25) is 0 Å². The zero-order valence-corrected chi connectivity index (χ0v) is 18.9. The summed E-state index contributed by atoms with van der Waals surface area (Å²) in [4.78, 5) is 37.5. The van der Waals surface area contributed by atoms with Gasteiger partial charge in [-0.15, -0.1) is 0 Å². The zero-order valence-electron chi connectivity index (χ0n) is 18.9. The lowest BCUT2D eigenvalue weighted by atomic mass is 10.1. The third-order valence-electron chi connectivity index (χ3n) is 5.43. The van der Waals surface area contributed by atoms with E-state index in [0.717, 1.165) is 12.3 Å². The van der Waals surface area contributed by atoms with Crippen LogP contribution in [0, 0.1) is 11.6 Å². The summed E-state index contributed by atoms with van der Waals surface area (Å²) in [5.74, 6) is -2.31. The molecular weight excluding hydrogens is 432 g/mol. The number of pyridine rings is 1. The minimum absolute atomic E-state index is 0.100. The van der Waals surface area contributed by atoms with Crippen LogP contribution in [0.4, 0.5) is 14.6 Å². The lowest BCUT2D eigenvalue weighted by Gasteiger charge is -2.35. The molecule has 0 bridgehead atoms. The van der Waals surface area contributed by atoms with E-state index in [-0.39, 0.29) is 22.5 Å². The topological polar surface area (TPSA) is 102 Å². The maximum absolute atomic E-state index is 15.0. The van der Waals surface area contributed by atoms with Crippen molar-refractivity contribution in [2.45, 2.75) is 33.7 Å². The average Bonchev–Trinajstić information content (AvgIpc) is 2.82. The van der Waals surface area contributed by atoms with Gasteiger partial charge >= 0.3 is 5.97 Å². The molecule has 2 N–H and O–H groups in total. The normalized spacial score (nSPS) is 14.2. The Hall–Kier alpha value is -3.40. The van der Waals surface area contributed by atoms with E-state index >= 15 is 0 Å². The Labute approximate surface area is 189 Å². The molecule has 4 rings (SSSR count). The van der Waals surface area contributed by atoms with Gasteiger partial charge in [0.25, 0.3) is 5.56 Å². The molecule has 33 heavy (non-hydrogen) atoms. The van der Waals surface area contributed by atoms with Gasteiger partial charge in [-0.3, -0.25) is 9.69 Å². The first-order valence-corrected chi connectivity index (χ1v) is 10.9. The molecule has 176 valence electrons. The zero-order chi connectivity index (χ0) is 24.1. The second-order valence-electron chi connectivity index (χ2n) is 7.40. The van der Waals surface area contributed by atoms with Crippen molar-refractivity contribution in [3.8, 4) is 0 Å². The highest BCUT2D eigenvalue weighted by molar-refractivity contribution is 5.87. The number of carboxylic acid groups (broad SMARTS) is 1. The molecule has 1 aliphatic heterocycles. The van der Waals surface area contributed by atoms with Gasteiger partial charge in [-0.2, -0.15) is 0 Å². The van der Waals surface area contributed by atoms with Crippen LogP contribution >= 0.6 is 0 Å². The van der Waals surface area contributed by atoms with Gasteiger partial charge in [-0.25, -0.2) is 23.5 Å². The summed E-state index contributed by atoms with van der Waals surface area (Å²) in [5, 5.41) is 8.93. The number of carboxylic acids is 1. The molecule has 10 heteroatoms. The fourth-order valence-corrected chi connectivity index (χ4v) is 3.70. The van der Waals surface area contributed by atoms with Gasteiger partial charge in [0, 0.05) is 44.5 Å². The molecule has 1 aliphatic rings. The van der Waals surface area contributed by atoms with Crippen molar-refractivity contribution in [3.63, 3.8) is 0 Å². The van der Waals surface area contributed by atoms with Crippen LogP contribution < -0.4 is 10.5 Å². The Morgan fingerprint density at radius 3 is 2.48 bits per heavy atom. The number of nitrogens with zero attached hydrogens (tertiary/aromatic N) is 4. The molecule has 0 radical (unpaired) electrons. The molecule has 0 aliphatic carbocycles. The first-order chi connectivity index (χ1) is 15.9. The third kappa shape index (κ3) is 5.16. The molecule has 1 fully saturated rings. The molecule has 0 atom stereocenters. The smallest absolute Gasteiger partial charge is 0.337 e. The second-order valence-corrected chi connectivity index (χ2v) is 7.40. The summed E-state index contributed by atoms with van der Waals surface area (Å²) in [7, 11) is 0. The van der Waals surface area contributed by atoms with Crippen molar-refractivity contribution in [1.29, 1.82) is 0 Å². The average molecular weight is 459 g/mol. The number of piperazine rings is 1. The van der Waals surface area contributed by atoms with Crippen LogP contribution in [0.3, 0.4) is 0 Å². The number of nitrogens with one attached hydrogen (secondary N) is 1. The van der Waals surface area contributed by atoms with Crippen molar-refractivity contribution in [2.75, 3.05) is 31.1 Å². The van der Waals surface area contributed by atoms with Gasteiger partial charge in [0.15, 0.2) is 17.5 Å². The van der Waals surface area contributed by atoms with E-state index in [4.69, 9.17) is 5.11 Å². The minimum Gasteiger partial charge on any atom is -0.478 e. The molecule has 0 unspecified atom stereocenters. The molecule has 1 aromatic carbocycles. The van der Waals surface area contributed by atoms with E-state index in [9.17, 15) is 18.4 Å². The number of carbonyl (C=O) groups is 1. The van der Waals surface area contributed by atoms with Crippen molar-refractivity contribution >= 4 is 22.8 Å². The summed E-state index contributed by atoms with van der Waals surface area (Å²) in [6, 6.07) is 4.32. The van der Waals surface area contributed by atoms with Gasteiger partial charge in [0.1, 0.15) is 11.2 Å². The highest BCUT2D eigenvalue weighted by Gasteiger charge is 2.23. The molecule has 1 saturated heterocycles. The van der Waals surface area contributed by atoms with Crippen molar-refractivity contribution < 1.29 is 18.7 Å². The standard InChI is InChI=1S/C21H21F2N5O3.C2H6/c1-2-15-20(29)26-18-16(25-15)4-3-12(17(18)23)11-27-5-7-28(8-6-27)19-14(22)9-13(10-24-19)21(30)31;1-2/h3-4,9-10H,2,5-8,11H2,1H3,(H,26,29)(H,30,31);1-2H3. The van der Waals surface area contributed by atoms with Crippen molar-refractivity contribution in [1.82, 2.24) is 19.9 Å². The number of aryl methyl sites for hydroxylation is 1. The Morgan fingerprint density at radius 1 is 1.18 bits per heavy atom. The van der Waals surface area contributed by atoms with E-state index in [1.807, 2.05) is 25.7 Å². The largest absolute Gasteiger partial charge is 0.478 e. The van der Waals surface area contributed by atoms with E-state index in [2.05, 4.69) is 15.0 Å².